The van der Waals surface area contributed by atoms with E-state index in [1.807, 2.05) is 23.6 Å². The topological polar surface area (TPSA) is 29.5 Å². The standard InChI is InChI=1S/C18H21NO2S/c1-12-13-5-4-8-19(12)10-14(9-13)21-18(20)16-11-22-17-7-3-2-6-15(16)17/h2-3,6-7,11-14H,4-5,8-10H2,1H3. The van der Waals surface area contributed by atoms with Crippen LogP contribution in [0.5, 0.6) is 0 Å². The Hall–Kier alpha value is -1.39. The molecule has 2 aromatic rings. The number of thiophene rings is 1. The van der Waals surface area contributed by atoms with Crippen LogP contribution >= 0.6 is 11.3 Å². The first-order valence-electron chi connectivity index (χ1n) is 8.13. The average Bonchev–Trinajstić information content (AvgIpc) is 2.92. The summed E-state index contributed by atoms with van der Waals surface area (Å²) in [4.78, 5) is 15.0. The molecule has 1 aromatic carbocycles. The summed E-state index contributed by atoms with van der Waals surface area (Å²) in [6.07, 6.45) is 3.62. The summed E-state index contributed by atoms with van der Waals surface area (Å²) in [5.74, 6) is 0.524. The second-order valence-electron chi connectivity index (χ2n) is 6.55. The van der Waals surface area contributed by atoms with Crippen LogP contribution in [0.1, 0.15) is 36.5 Å². The lowest BCUT2D eigenvalue weighted by Gasteiger charge is -2.46. The Morgan fingerprint density at radius 3 is 3.09 bits per heavy atom. The van der Waals surface area contributed by atoms with E-state index in [-0.39, 0.29) is 12.1 Å². The largest absolute Gasteiger partial charge is 0.457 e. The number of esters is 1. The highest BCUT2D eigenvalue weighted by Gasteiger charge is 2.37. The quantitative estimate of drug-likeness (QED) is 0.786. The molecule has 0 saturated carbocycles. The van der Waals surface area contributed by atoms with Gasteiger partial charge in [-0.25, -0.2) is 4.79 Å². The molecule has 0 radical (unpaired) electrons. The number of carbonyl (C=O) groups excluding carboxylic acids is 1. The molecule has 0 spiro atoms. The van der Waals surface area contributed by atoms with Gasteiger partial charge in [0, 0.05) is 28.1 Å². The van der Waals surface area contributed by atoms with E-state index in [1.165, 1.54) is 12.8 Å². The van der Waals surface area contributed by atoms with Gasteiger partial charge in [-0.1, -0.05) is 18.2 Å². The molecule has 2 aliphatic heterocycles. The van der Waals surface area contributed by atoms with Crippen molar-refractivity contribution >= 4 is 27.4 Å². The number of nitrogens with zero attached hydrogens (tertiary/aromatic N) is 1. The number of ether oxygens (including phenoxy) is 1. The van der Waals surface area contributed by atoms with Gasteiger partial charge < -0.3 is 4.74 Å². The highest BCUT2D eigenvalue weighted by molar-refractivity contribution is 7.17. The second kappa shape index (κ2) is 5.67. The zero-order valence-electron chi connectivity index (χ0n) is 12.8. The average molecular weight is 315 g/mol. The smallest absolute Gasteiger partial charge is 0.339 e. The maximum atomic E-state index is 12.6. The maximum Gasteiger partial charge on any atom is 0.339 e. The van der Waals surface area contributed by atoms with Crippen LogP contribution in [0.25, 0.3) is 10.1 Å². The van der Waals surface area contributed by atoms with Crippen molar-refractivity contribution in [1.82, 2.24) is 4.90 Å². The first-order chi connectivity index (χ1) is 10.7. The fourth-order valence-corrected chi connectivity index (χ4v) is 4.91. The van der Waals surface area contributed by atoms with Crippen molar-refractivity contribution in [2.24, 2.45) is 5.92 Å². The Kier molecular flexibility index (Phi) is 3.66. The van der Waals surface area contributed by atoms with Gasteiger partial charge in [0.15, 0.2) is 0 Å². The van der Waals surface area contributed by atoms with Crippen molar-refractivity contribution in [3.8, 4) is 0 Å². The molecule has 2 bridgehead atoms. The van der Waals surface area contributed by atoms with Crippen molar-refractivity contribution in [3.63, 3.8) is 0 Å². The number of benzene rings is 1. The lowest BCUT2D eigenvalue weighted by atomic mass is 9.82. The number of hydrogen-bond acceptors (Lipinski definition) is 4. The molecule has 4 unspecified atom stereocenters. The fraction of sp³-hybridized carbons (Fsp3) is 0.500. The van der Waals surface area contributed by atoms with Gasteiger partial charge >= 0.3 is 5.97 Å². The third-order valence-electron chi connectivity index (χ3n) is 5.26. The Labute approximate surface area is 134 Å². The van der Waals surface area contributed by atoms with Crippen molar-refractivity contribution in [2.45, 2.75) is 38.3 Å². The zero-order chi connectivity index (χ0) is 15.1. The van der Waals surface area contributed by atoms with Crippen LogP contribution in [0.3, 0.4) is 0 Å². The van der Waals surface area contributed by atoms with Crippen molar-refractivity contribution < 1.29 is 9.53 Å². The summed E-state index contributed by atoms with van der Waals surface area (Å²) in [5.41, 5.74) is 0.722. The van der Waals surface area contributed by atoms with E-state index in [0.29, 0.717) is 12.0 Å². The van der Waals surface area contributed by atoms with Crippen molar-refractivity contribution in [2.75, 3.05) is 13.1 Å². The number of piperidine rings is 2. The van der Waals surface area contributed by atoms with Crippen LogP contribution in [0.4, 0.5) is 0 Å². The molecule has 4 atom stereocenters. The van der Waals surface area contributed by atoms with Crippen LogP contribution in [0, 0.1) is 5.92 Å². The van der Waals surface area contributed by atoms with E-state index in [2.05, 4.69) is 17.9 Å². The molecule has 2 saturated heterocycles. The highest BCUT2D eigenvalue weighted by Crippen LogP contribution is 2.34. The predicted octanol–water partition coefficient (Wildman–Crippen LogP) is 3.93. The number of rotatable bonds is 2. The minimum absolute atomic E-state index is 0.0488. The Morgan fingerprint density at radius 2 is 2.23 bits per heavy atom. The van der Waals surface area contributed by atoms with Gasteiger partial charge in [-0.15, -0.1) is 11.3 Å². The van der Waals surface area contributed by atoms with Gasteiger partial charge in [-0.05, 0) is 44.7 Å². The predicted molar refractivity (Wildman–Crippen MR) is 89.4 cm³/mol. The van der Waals surface area contributed by atoms with Gasteiger partial charge in [0.2, 0.25) is 0 Å². The van der Waals surface area contributed by atoms with Gasteiger partial charge in [-0.2, -0.15) is 0 Å². The summed E-state index contributed by atoms with van der Waals surface area (Å²) < 4.78 is 7.00. The van der Waals surface area contributed by atoms with E-state index in [9.17, 15) is 4.79 Å². The molecule has 4 rings (SSSR count). The van der Waals surface area contributed by atoms with E-state index < -0.39 is 0 Å². The van der Waals surface area contributed by atoms with Crippen LogP contribution in [0.2, 0.25) is 0 Å². The molecule has 22 heavy (non-hydrogen) atoms. The fourth-order valence-electron chi connectivity index (χ4n) is 3.98. The summed E-state index contributed by atoms with van der Waals surface area (Å²) >= 11 is 1.61. The van der Waals surface area contributed by atoms with Crippen LogP contribution in [0.15, 0.2) is 29.6 Å². The highest BCUT2D eigenvalue weighted by atomic mass is 32.1. The molecule has 4 heteroatoms. The molecule has 0 aliphatic carbocycles. The lowest BCUT2D eigenvalue weighted by molar-refractivity contribution is -0.0395. The lowest BCUT2D eigenvalue weighted by Crippen LogP contribution is -2.53. The Bertz CT molecular complexity index is 681. The summed E-state index contributed by atoms with van der Waals surface area (Å²) in [5, 5.41) is 2.95. The van der Waals surface area contributed by atoms with E-state index in [1.54, 1.807) is 11.3 Å². The van der Waals surface area contributed by atoms with Gasteiger partial charge in [0.05, 0.1) is 5.56 Å². The van der Waals surface area contributed by atoms with Gasteiger partial charge in [-0.3, -0.25) is 4.90 Å². The minimum atomic E-state index is -0.156. The summed E-state index contributed by atoms with van der Waals surface area (Å²) in [6, 6.07) is 8.68. The van der Waals surface area contributed by atoms with Gasteiger partial charge in [0.25, 0.3) is 0 Å². The molecular weight excluding hydrogens is 294 g/mol. The zero-order valence-corrected chi connectivity index (χ0v) is 13.6. The van der Waals surface area contributed by atoms with Crippen molar-refractivity contribution in [1.29, 1.82) is 0 Å². The first kappa shape index (κ1) is 14.2. The van der Waals surface area contributed by atoms with E-state index in [0.717, 1.165) is 35.2 Å². The summed E-state index contributed by atoms with van der Waals surface area (Å²) in [6.45, 7) is 4.35. The summed E-state index contributed by atoms with van der Waals surface area (Å²) in [7, 11) is 0. The maximum absolute atomic E-state index is 12.6. The van der Waals surface area contributed by atoms with Crippen LogP contribution in [-0.2, 0) is 4.74 Å². The number of carbonyl (C=O) groups is 1. The third-order valence-corrected chi connectivity index (χ3v) is 6.22. The molecule has 3 nitrogen and oxygen atoms in total. The number of hydrogen-bond donors (Lipinski definition) is 0. The molecule has 2 aliphatic rings. The van der Waals surface area contributed by atoms with Crippen molar-refractivity contribution in [3.05, 3.63) is 35.2 Å². The van der Waals surface area contributed by atoms with E-state index in [4.69, 9.17) is 4.74 Å². The van der Waals surface area contributed by atoms with Crippen LogP contribution in [-0.4, -0.2) is 36.1 Å². The Morgan fingerprint density at radius 1 is 1.36 bits per heavy atom. The molecular formula is C18H21NO2S. The number of fused-ring (bicyclic) bond motifs is 3. The molecule has 116 valence electrons. The van der Waals surface area contributed by atoms with Gasteiger partial charge in [0.1, 0.15) is 6.10 Å². The third kappa shape index (κ3) is 2.44. The molecule has 0 N–H and O–H groups in total. The van der Waals surface area contributed by atoms with Crippen LogP contribution < -0.4 is 0 Å². The monoisotopic (exact) mass is 315 g/mol. The molecule has 1 aromatic heterocycles. The molecule has 3 heterocycles. The molecule has 2 fully saturated rings. The SMILES string of the molecule is CC1C2CCCN1CC(OC(=O)c1csc3ccccc13)C2. The normalized spacial score (nSPS) is 31.1. The first-order valence-corrected chi connectivity index (χ1v) is 9.01. The van der Waals surface area contributed by atoms with E-state index >= 15 is 0 Å². The second-order valence-corrected chi connectivity index (χ2v) is 7.46. The molecule has 0 amide bonds. The minimum Gasteiger partial charge on any atom is -0.457 e. The Balaban J connectivity index is 1.50.